The highest BCUT2D eigenvalue weighted by atomic mass is 16.5. The summed E-state index contributed by atoms with van der Waals surface area (Å²) in [5.74, 6) is 0.379. The summed E-state index contributed by atoms with van der Waals surface area (Å²) < 4.78 is 5.03. The molecule has 92 valence electrons. The molecule has 2 unspecified atom stereocenters. The minimum absolute atomic E-state index is 0.235. The lowest BCUT2D eigenvalue weighted by atomic mass is 9.97. The zero-order valence-electron chi connectivity index (χ0n) is 9.63. The first-order valence-corrected chi connectivity index (χ1v) is 5.28. The van der Waals surface area contributed by atoms with Crippen molar-refractivity contribution in [1.29, 1.82) is 5.26 Å². The van der Waals surface area contributed by atoms with Crippen molar-refractivity contribution in [3.8, 4) is 11.8 Å². The Balaban J connectivity index is 3.09. The van der Waals surface area contributed by atoms with E-state index in [4.69, 9.17) is 15.7 Å². The number of methoxy groups -OCH3 is 1. The fourth-order valence-electron chi connectivity index (χ4n) is 1.62. The third-order valence-electron chi connectivity index (χ3n) is 2.54. The van der Waals surface area contributed by atoms with Crippen molar-refractivity contribution in [1.82, 2.24) is 0 Å². The zero-order valence-corrected chi connectivity index (χ0v) is 9.63. The molecule has 0 bridgehead atoms. The van der Waals surface area contributed by atoms with Crippen molar-refractivity contribution < 1.29 is 14.9 Å². The van der Waals surface area contributed by atoms with Crippen LogP contribution in [0.1, 0.15) is 23.7 Å². The van der Waals surface area contributed by atoms with Gasteiger partial charge in [0.05, 0.1) is 18.8 Å². The molecule has 0 radical (unpaired) electrons. The summed E-state index contributed by atoms with van der Waals surface area (Å²) in [7, 11) is 1.45. The molecule has 1 rings (SSSR count). The van der Waals surface area contributed by atoms with Crippen LogP contribution in [0.2, 0.25) is 0 Å². The molecule has 0 saturated carbocycles. The summed E-state index contributed by atoms with van der Waals surface area (Å²) in [5.41, 5.74) is 5.90. The molecule has 5 nitrogen and oxygen atoms in total. The first-order valence-electron chi connectivity index (χ1n) is 5.28. The third-order valence-corrected chi connectivity index (χ3v) is 2.54. The largest absolute Gasteiger partial charge is 0.495 e. The van der Waals surface area contributed by atoms with Crippen molar-refractivity contribution >= 4 is 0 Å². The molecule has 0 saturated heterocycles. The van der Waals surface area contributed by atoms with E-state index in [1.807, 2.05) is 6.07 Å². The Morgan fingerprint density at radius 2 is 2.18 bits per heavy atom. The summed E-state index contributed by atoms with van der Waals surface area (Å²) in [4.78, 5) is 0. The van der Waals surface area contributed by atoms with Gasteiger partial charge >= 0.3 is 0 Å². The number of aliphatic hydroxyl groups is 2. The molecular weight excluding hydrogens is 220 g/mol. The Hall–Kier alpha value is -1.61. The molecular formula is C12H16N2O3. The Kier molecular flexibility index (Phi) is 4.91. The van der Waals surface area contributed by atoms with Crippen LogP contribution in [0.4, 0.5) is 0 Å². The number of aliphatic hydroxyl groups excluding tert-OH is 2. The molecule has 17 heavy (non-hydrogen) atoms. The van der Waals surface area contributed by atoms with E-state index in [-0.39, 0.29) is 18.5 Å². The number of ether oxygens (including phenoxy) is 1. The number of hydrogen-bond donors (Lipinski definition) is 3. The summed E-state index contributed by atoms with van der Waals surface area (Å²) in [5, 5.41) is 28.7. The first-order chi connectivity index (χ1) is 8.15. The van der Waals surface area contributed by atoms with Crippen molar-refractivity contribution in [2.24, 2.45) is 5.73 Å². The first kappa shape index (κ1) is 13.5. The highest BCUT2D eigenvalue weighted by Gasteiger charge is 2.22. The van der Waals surface area contributed by atoms with Crippen molar-refractivity contribution in [2.45, 2.75) is 18.6 Å². The fourth-order valence-corrected chi connectivity index (χ4v) is 1.62. The van der Waals surface area contributed by atoms with Crippen LogP contribution < -0.4 is 10.5 Å². The van der Waals surface area contributed by atoms with E-state index >= 15 is 0 Å². The maximum absolute atomic E-state index is 9.94. The molecule has 4 N–H and O–H groups in total. The third kappa shape index (κ3) is 2.94. The van der Waals surface area contributed by atoms with Crippen LogP contribution in [-0.2, 0) is 0 Å². The van der Waals surface area contributed by atoms with Crippen LogP contribution in [-0.4, -0.2) is 30.0 Å². The van der Waals surface area contributed by atoms with E-state index in [9.17, 15) is 10.2 Å². The van der Waals surface area contributed by atoms with E-state index in [0.717, 1.165) is 0 Å². The lowest BCUT2D eigenvalue weighted by molar-refractivity contribution is 0.0147. The van der Waals surface area contributed by atoms with Crippen molar-refractivity contribution in [3.63, 3.8) is 0 Å². The quantitative estimate of drug-likeness (QED) is 0.683. The number of rotatable bonds is 5. The fraction of sp³-hybridized carbons (Fsp3) is 0.417. The minimum Gasteiger partial charge on any atom is -0.495 e. The Bertz CT molecular complexity index is 415. The van der Waals surface area contributed by atoms with Crippen LogP contribution in [0.3, 0.4) is 0 Å². The van der Waals surface area contributed by atoms with Crippen molar-refractivity contribution in [2.75, 3.05) is 13.7 Å². The van der Waals surface area contributed by atoms with Gasteiger partial charge in [0, 0.05) is 5.56 Å². The summed E-state index contributed by atoms with van der Waals surface area (Å²) in [6.45, 7) is 0.268. The van der Waals surface area contributed by atoms with Crippen LogP contribution in [0.15, 0.2) is 18.2 Å². The van der Waals surface area contributed by atoms with Gasteiger partial charge in [-0.05, 0) is 19.0 Å². The highest BCUT2D eigenvalue weighted by Crippen LogP contribution is 2.28. The van der Waals surface area contributed by atoms with Gasteiger partial charge in [-0.25, -0.2) is 0 Å². The molecule has 1 aromatic rings. The van der Waals surface area contributed by atoms with Gasteiger partial charge in [0.15, 0.2) is 0 Å². The van der Waals surface area contributed by atoms with Gasteiger partial charge in [-0.15, -0.1) is 0 Å². The van der Waals surface area contributed by atoms with E-state index in [2.05, 4.69) is 0 Å². The van der Waals surface area contributed by atoms with Gasteiger partial charge in [-0.2, -0.15) is 5.26 Å². The Morgan fingerprint density at radius 3 is 2.71 bits per heavy atom. The molecule has 5 heteroatoms. The summed E-state index contributed by atoms with van der Waals surface area (Å²) in [6, 6.07) is 6.84. The monoisotopic (exact) mass is 236 g/mol. The lowest BCUT2D eigenvalue weighted by Crippen LogP contribution is -2.22. The van der Waals surface area contributed by atoms with Crippen LogP contribution >= 0.6 is 0 Å². The second-order valence-electron chi connectivity index (χ2n) is 3.63. The molecule has 0 aliphatic rings. The molecule has 0 heterocycles. The van der Waals surface area contributed by atoms with Gasteiger partial charge in [0.25, 0.3) is 0 Å². The molecule has 0 fully saturated rings. The van der Waals surface area contributed by atoms with Crippen molar-refractivity contribution in [3.05, 3.63) is 29.3 Å². The average molecular weight is 236 g/mol. The molecule has 0 aliphatic carbocycles. The Morgan fingerprint density at radius 1 is 1.47 bits per heavy atom. The number of nitriles is 1. The Labute approximate surface area is 100 Å². The molecule has 0 amide bonds. The maximum atomic E-state index is 9.94. The summed E-state index contributed by atoms with van der Waals surface area (Å²) in [6.07, 6.45) is -1.86. The number of benzene rings is 1. The van der Waals surface area contributed by atoms with Gasteiger partial charge in [-0.1, -0.05) is 12.1 Å². The summed E-state index contributed by atoms with van der Waals surface area (Å²) >= 11 is 0. The smallest absolute Gasteiger partial charge is 0.137 e. The normalized spacial score (nSPS) is 13.8. The van der Waals surface area contributed by atoms with Crippen LogP contribution in [0, 0.1) is 11.3 Å². The minimum atomic E-state index is -1.14. The van der Waals surface area contributed by atoms with Gasteiger partial charge < -0.3 is 20.7 Å². The van der Waals surface area contributed by atoms with E-state index < -0.39 is 12.2 Å². The second-order valence-corrected chi connectivity index (χ2v) is 3.63. The number of hydrogen-bond acceptors (Lipinski definition) is 5. The van der Waals surface area contributed by atoms with Gasteiger partial charge in [0.2, 0.25) is 0 Å². The SMILES string of the molecule is COc1cccc(C(O)C(O)CCN)c1C#N. The van der Waals surface area contributed by atoms with Gasteiger partial charge in [-0.3, -0.25) is 0 Å². The lowest BCUT2D eigenvalue weighted by Gasteiger charge is -2.19. The number of nitrogens with two attached hydrogens (primary N) is 1. The maximum Gasteiger partial charge on any atom is 0.137 e. The van der Waals surface area contributed by atoms with E-state index in [1.165, 1.54) is 7.11 Å². The molecule has 0 aromatic heterocycles. The molecule has 0 spiro atoms. The molecule has 1 aromatic carbocycles. The second kappa shape index (κ2) is 6.21. The predicted molar refractivity (Wildman–Crippen MR) is 62.3 cm³/mol. The van der Waals surface area contributed by atoms with E-state index in [1.54, 1.807) is 18.2 Å². The van der Waals surface area contributed by atoms with Crippen LogP contribution in [0.5, 0.6) is 5.75 Å². The van der Waals surface area contributed by atoms with Gasteiger partial charge in [0.1, 0.15) is 17.9 Å². The molecule has 0 aliphatic heterocycles. The van der Waals surface area contributed by atoms with E-state index in [0.29, 0.717) is 11.3 Å². The average Bonchev–Trinajstić information content (AvgIpc) is 2.36. The predicted octanol–water partition coefficient (Wildman–Crippen LogP) is 0.310. The molecule has 2 atom stereocenters. The zero-order chi connectivity index (χ0) is 12.8. The topological polar surface area (TPSA) is 99.5 Å². The highest BCUT2D eigenvalue weighted by molar-refractivity contribution is 5.49. The van der Waals surface area contributed by atoms with Crippen LogP contribution in [0.25, 0.3) is 0 Å². The standard InChI is InChI=1S/C12H16N2O3/c1-17-11-4-2-3-8(9(11)7-14)12(16)10(15)5-6-13/h2-4,10,12,15-16H,5-6,13H2,1H3. The number of nitrogens with zero attached hydrogens (tertiary/aromatic N) is 1.